The summed E-state index contributed by atoms with van der Waals surface area (Å²) in [5.74, 6) is -0.0160. The standard InChI is InChI=1S/C13H24N4O3S/c1-13(2,3)14-8-10(18)9-20-12-11(15-21-16-12)17-4-6-19-7-5-17/h10,14,18H,4-9H2,1-3H3/t10-/m0/s1/i1D3,2D3,9D2,10D. The fraction of sp³-hybridized carbons (Fsp3) is 0.846. The van der Waals surface area contributed by atoms with E-state index >= 15 is 0 Å². The molecule has 21 heavy (non-hydrogen) atoms. The van der Waals surface area contributed by atoms with Gasteiger partial charge in [-0.2, -0.15) is 4.37 Å². The van der Waals surface area contributed by atoms with Crippen molar-refractivity contribution in [1.82, 2.24) is 14.1 Å². The molecule has 1 atom stereocenters. The summed E-state index contributed by atoms with van der Waals surface area (Å²) >= 11 is 0.754. The number of aromatic nitrogens is 2. The molecule has 1 aromatic heterocycles. The predicted octanol–water partition coefficient (Wildman–Crippen LogP) is 0.503. The summed E-state index contributed by atoms with van der Waals surface area (Å²) in [5, 5.41) is 12.5. The Kier molecular flexibility index (Phi) is 2.82. The maximum atomic E-state index is 10.4. The predicted molar refractivity (Wildman–Crippen MR) is 82.2 cm³/mol. The van der Waals surface area contributed by atoms with Crippen molar-refractivity contribution in [2.75, 3.05) is 44.3 Å². The molecule has 2 N–H and O–H groups in total. The molecule has 0 radical (unpaired) electrons. The van der Waals surface area contributed by atoms with E-state index in [0.29, 0.717) is 26.3 Å². The molecule has 0 aromatic carbocycles. The van der Waals surface area contributed by atoms with Crippen molar-refractivity contribution in [3.05, 3.63) is 0 Å². The smallest absolute Gasteiger partial charge is 0.270 e. The summed E-state index contributed by atoms with van der Waals surface area (Å²) in [6, 6.07) is 0. The fourth-order valence-corrected chi connectivity index (χ4v) is 2.12. The average Bonchev–Trinajstić information content (AvgIpc) is 3.05. The van der Waals surface area contributed by atoms with E-state index in [1.165, 1.54) is 0 Å². The van der Waals surface area contributed by atoms with Gasteiger partial charge >= 0.3 is 0 Å². The van der Waals surface area contributed by atoms with Crippen molar-refractivity contribution < 1.29 is 26.9 Å². The van der Waals surface area contributed by atoms with Gasteiger partial charge in [-0.25, -0.2) is 0 Å². The topological polar surface area (TPSA) is 79.7 Å². The van der Waals surface area contributed by atoms with E-state index in [9.17, 15) is 5.11 Å². The van der Waals surface area contributed by atoms with E-state index in [1.54, 1.807) is 4.90 Å². The fourth-order valence-electron chi connectivity index (χ4n) is 1.61. The molecule has 120 valence electrons. The van der Waals surface area contributed by atoms with Gasteiger partial charge in [-0.15, -0.1) is 4.37 Å². The van der Waals surface area contributed by atoms with Gasteiger partial charge in [-0.1, -0.05) is 0 Å². The molecule has 0 saturated carbocycles. The molecule has 7 nitrogen and oxygen atoms in total. The number of nitrogens with one attached hydrogen (secondary N) is 1. The van der Waals surface area contributed by atoms with Crippen LogP contribution in [0.15, 0.2) is 0 Å². The minimum absolute atomic E-state index is 0.228. The van der Waals surface area contributed by atoms with Crippen LogP contribution < -0.4 is 15.0 Å². The number of nitrogens with zero attached hydrogens (tertiary/aromatic N) is 3. The quantitative estimate of drug-likeness (QED) is 0.788. The average molecular weight is 325 g/mol. The lowest BCUT2D eigenvalue weighted by molar-refractivity contribution is 0.0975. The second-order valence-electron chi connectivity index (χ2n) is 4.62. The molecule has 1 fully saturated rings. The number of hydrogen-bond donors (Lipinski definition) is 2. The molecule has 8 heteroatoms. The van der Waals surface area contributed by atoms with Crippen LogP contribution in [0.2, 0.25) is 0 Å². The summed E-state index contributed by atoms with van der Waals surface area (Å²) in [6.45, 7) is -7.48. The Morgan fingerprint density at radius 3 is 3.10 bits per heavy atom. The van der Waals surface area contributed by atoms with Crippen molar-refractivity contribution in [2.45, 2.75) is 32.2 Å². The van der Waals surface area contributed by atoms with Gasteiger partial charge in [0.05, 0.1) is 29.1 Å². The SMILES string of the molecule is [2H]C([2H])([2H])C(C)(NC[C@]([2H])(O)C([2H])([2H])Oc1nsnc1N1CCOCC1)C([2H])([2H])[2H]. The second kappa shape index (κ2) is 7.35. The minimum atomic E-state index is -3.08. The molecule has 0 bridgehead atoms. The van der Waals surface area contributed by atoms with E-state index in [4.69, 9.17) is 21.8 Å². The van der Waals surface area contributed by atoms with Crippen LogP contribution in [0.3, 0.4) is 0 Å². The molecule has 0 amide bonds. The number of ether oxygens (including phenoxy) is 2. The monoisotopic (exact) mass is 325 g/mol. The lowest BCUT2D eigenvalue weighted by Crippen LogP contribution is -2.42. The first kappa shape index (κ1) is 8.05. The summed E-state index contributed by atoms with van der Waals surface area (Å²) in [6.07, 6.45) is -3.06. The van der Waals surface area contributed by atoms with Gasteiger partial charge in [0.25, 0.3) is 5.88 Å². The van der Waals surface area contributed by atoms with Gasteiger partial charge in [0.1, 0.15) is 12.6 Å². The highest BCUT2D eigenvalue weighted by atomic mass is 32.1. The van der Waals surface area contributed by atoms with Crippen molar-refractivity contribution in [2.24, 2.45) is 0 Å². The Hall–Kier alpha value is -0.960. The van der Waals surface area contributed by atoms with Crippen molar-refractivity contribution in [3.63, 3.8) is 0 Å². The molecule has 2 rings (SSSR count). The minimum Gasteiger partial charge on any atom is -0.472 e. The van der Waals surface area contributed by atoms with Crippen LogP contribution in [0.4, 0.5) is 5.82 Å². The summed E-state index contributed by atoms with van der Waals surface area (Å²) in [5.41, 5.74) is -2.49. The Balaban J connectivity index is 2.18. The zero-order valence-corrected chi connectivity index (χ0v) is 12.4. The summed E-state index contributed by atoms with van der Waals surface area (Å²) in [4.78, 5) is 1.75. The van der Waals surface area contributed by atoms with Crippen LogP contribution in [0, 0.1) is 0 Å². The second-order valence-corrected chi connectivity index (χ2v) is 5.15. The van der Waals surface area contributed by atoms with Gasteiger partial charge in [-0.3, -0.25) is 0 Å². The van der Waals surface area contributed by atoms with Crippen LogP contribution in [0.5, 0.6) is 5.88 Å². The van der Waals surface area contributed by atoms with E-state index in [0.717, 1.165) is 18.7 Å². The van der Waals surface area contributed by atoms with Crippen LogP contribution >= 0.6 is 11.7 Å². The molecule has 0 aliphatic carbocycles. The summed E-state index contributed by atoms with van der Waals surface area (Å²) < 4.78 is 87.4. The number of β-amino-alcohol motifs (C(OH)–C–C–N with tert-alkyl or cyclic N) is 1. The molecule has 1 aliphatic rings. The Morgan fingerprint density at radius 1 is 1.62 bits per heavy atom. The van der Waals surface area contributed by atoms with Crippen LogP contribution in [0.25, 0.3) is 0 Å². The van der Waals surface area contributed by atoms with E-state index in [-0.39, 0.29) is 11.7 Å². The van der Waals surface area contributed by atoms with Crippen molar-refractivity contribution in [1.29, 1.82) is 0 Å². The number of anilines is 1. The van der Waals surface area contributed by atoms with Crippen LogP contribution in [0.1, 0.15) is 33.0 Å². The molecule has 0 unspecified atom stereocenters. The third kappa shape index (κ3) is 5.39. The van der Waals surface area contributed by atoms with Gasteiger partial charge in [0.2, 0.25) is 5.82 Å². The molecule has 0 spiro atoms. The first-order chi connectivity index (χ1) is 13.5. The first-order valence-electron chi connectivity index (χ1n) is 10.8. The highest BCUT2D eigenvalue weighted by molar-refractivity contribution is 6.99. The summed E-state index contributed by atoms with van der Waals surface area (Å²) in [7, 11) is 0. The lowest BCUT2D eigenvalue weighted by Gasteiger charge is -2.27. The molecular formula is C13H24N4O3S. The number of aliphatic hydroxyl groups is 1. The first-order valence-corrected chi connectivity index (χ1v) is 7.07. The number of rotatable bonds is 6. The lowest BCUT2D eigenvalue weighted by atomic mass is 10.1. The van der Waals surface area contributed by atoms with Gasteiger partial charge in [0, 0.05) is 33.4 Å². The van der Waals surface area contributed by atoms with E-state index in [2.05, 4.69) is 14.1 Å². The molecule has 1 aromatic rings. The normalized spacial score (nSPS) is 27.5. The van der Waals surface area contributed by atoms with Gasteiger partial charge in [-0.05, 0) is 20.6 Å². The van der Waals surface area contributed by atoms with Gasteiger partial charge in [0.15, 0.2) is 0 Å². The maximum absolute atomic E-state index is 10.4. The third-order valence-electron chi connectivity index (χ3n) is 2.63. The highest BCUT2D eigenvalue weighted by Crippen LogP contribution is 2.26. The Labute approximate surface area is 142 Å². The highest BCUT2D eigenvalue weighted by Gasteiger charge is 2.21. The van der Waals surface area contributed by atoms with Crippen LogP contribution in [-0.4, -0.2) is 64.9 Å². The van der Waals surface area contributed by atoms with E-state index in [1.807, 2.05) is 0 Å². The largest absolute Gasteiger partial charge is 0.472 e. The molecule has 2 heterocycles. The van der Waals surface area contributed by atoms with Crippen molar-refractivity contribution >= 4 is 17.5 Å². The number of hydrogen-bond acceptors (Lipinski definition) is 8. The number of morpholine rings is 1. The zero-order valence-electron chi connectivity index (χ0n) is 20.5. The van der Waals surface area contributed by atoms with Gasteiger partial charge < -0.3 is 24.8 Å². The van der Waals surface area contributed by atoms with E-state index < -0.39 is 38.4 Å². The molecule has 1 aliphatic heterocycles. The molecular weight excluding hydrogens is 292 g/mol. The zero-order chi connectivity index (χ0) is 23.0. The Bertz CT molecular complexity index is 705. The Morgan fingerprint density at radius 2 is 2.38 bits per heavy atom. The van der Waals surface area contributed by atoms with Crippen LogP contribution in [-0.2, 0) is 4.74 Å². The molecule has 1 saturated heterocycles. The van der Waals surface area contributed by atoms with Crippen molar-refractivity contribution in [3.8, 4) is 5.88 Å². The maximum Gasteiger partial charge on any atom is 0.270 e. The third-order valence-corrected chi connectivity index (χ3v) is 3.13.